The standard InChI is InChI=1S/C19H20BrN3O3S/c1-23-18(13-3-7-16(25-2)8-4-13)21-22-19(23)27-12-15(24)11-26-17-9-5-14(20)6-10-17/h3-10,15,24H,11-12H2,1-2H3/t15-/m1/s1. The number of thioether (sulfide) groups is 1. The molecule has 1 N–H and O–H groups in total. The van der Waals surface area contributed by atoms with Crippen LogP contribution in [0.4, 0.5) is 0 Å². The predicted molar refractivity (Wildman–Crippen MR) is 109 cm³/mol. The summed E-state index contributed by atoms with van der Waals surface area (Å²) < 4.78 is 13.7. The molecule has 1 heterocycles. The molecule has 0 fully saturated rings. The number of nitrogens with zero attached hydrogens (tertiary/aromatic N) is 3. The number of benzene rings is 2. The van der Waals surface area contributed by atoms with Crippen LogP contribution in [0.1, 0.15) is 0 Å². The van der Waals surface area contributed by atoms with E-state index in [1.165, 1.54) is 11.8 Å². The molecule has 1 atom stereocenters. The second-order valence-electron chi connectivity index (χ2n) is 5.82. The zero-order valence-corrected chi connectivity index (χ0v) is 17.4. The van der Waals surface area contributed by atoms with Crippen molar-refractivity contribution in [2.24, 2.45) is 7.05 Å². The van der Waals surface area contributed by atoms with Crippen molar-refractivity contribution in [3.05, 3.63) is 53.0 Å². The highest BCUT2D eigenvalue weighted by atomic mass is 79.9. The molecule has 0 saturated carbocycles. The largest absolute Gasteiger partial charge is 0.497 e. The Morgan fingerprint density at radius 2 is 1.74 bits per heavy atom. The van der Waals surface area contributed by atoms with Crippen LogP contribution in [-0.2, 0) is 7.05 Å². The molecule has 142 valence electrons. The summed E-state index contributed by atoms with van der Waals surface area (Å²) in [5, 5.41) is 19.4. The van der Waals surface area contributed by atoms with Gasteiger partial charge in [0, 0.05) is 22.8 Å². The molecule has 0 unspecified atom stereocenters. The van der Waals surface area contributed by atoms with E-state index in [0.29, 0.717) is 5.75 Å². The Morgan fingerprint density at radius 1 is 1.07 bits per heavy atom. The van der Waals surface area contributed by atoms with Gasteiger partial charge in [-0.3, -0.25) is 0 Å². The van der Waals surface area contributed by atoms with Crippen molar-refractivity contribution < 1.29 is 14.6 Å². The molecule has 0 aliphatic heterocycles. The van der Waals surface area contributed by atoms with Crippen LogP contribution in [0.3, 0.4) is 0 Å². The highest BCUT2D eigenvalue weighted by Gasteiger charge is 2.14. The van der Waals surface area contributed by atoms with Gasteiger partial charge >= 0.3 is 0 Å². The Morgan fingerprint density at radius 3 is 2.41 bits per heavy atom. The molecule has 6 nitrogen and oxygen atoms in total. The summed E-state index contributed by atoms with van der Waals surface area (Å²) in [6.07, 6.45) is -0.611. The SMILES string of the molecule is COc1ccc(-c2nnc(SC[C@H](O)COc3ccc(Br)cc3)n2C)cc1. The molecule has 8 heteroatoms. The zero-order chi connectivity index (χ0) is 19.2. The number of halogens is 1. The fourth-order valence-electron chi connectivity index (χ4n) is 2.37. The highest BCUT2D eigenvalue weighted by Crippen LogP contribution is 2.25. The fourth-order valence-corrected chi connectivity index (χ4v) is 3.45. The number of aliphatic hydroxyl groups excluding tert-OH is 1. The van der Waals surface area contributed by atoms with Crippen LogP contribution in [0.2, 0.25) is 0 Å². The van der Waals surface area contributed by atoms with Crippen molar-refractivity contribution >= 4 is 27.7 Å². The number of rotatable bonds is 8. The van der Waals surface area contributed by atoms with Gasteiger partial charge in [0.2, 0.25) is 0 Å². The third-order valence-electron chi connectivity index (χ3n) is 3.84. The zero-order valence-electron chi connectivity index (χ0n) is 15.0. The predicted octanol–water partition coefficient (Wildman–Crippen LogP) is 3.79. The summed E-state index contributed by atoms with van der Waals surface area (Å²) in [6.45, 7) is 0.220. The number of aliphatic hydroxyl groups is 1. The van der Waals surface area contributed by atoms with Gasteiger partial charge in [0.15, 0.2) is 11.0 Å². The van der Waals surface area contributed by atoms with Crippen molar-refractivity contribution in [3.63, 3.8) is 0 Å². The van der Waals surface area contributed by atoms with Crippen LogP contribution >= 0.6 is 27.7 Å². The van der Waals surface area contributed by atoms with Gasteiger partial charge in [0.25, 0.3) is 0 Å². The van der Waals surface area contributed by atoms with E-state index in [-0.39, 0.29) is 6.61 Å². The van der Waals surface area contributed by atoms with Crippen LogP contribution in [0.5, 0.6) is 11.5 Å². The monoisotopic (exact) mass is 449 g/mol. The van der Waals surface area contributed by atoms with Crippen molar-refractivity contribution in [2.75, 3.05) is 19.5 Å². The Labute approximate surface area is 170 Å². The molecular formula is C19H20BrN3O3S. The van der Waals surface area contributed by atoms with Gasteiger partial charge in [-0.05, 0) is 48.5 Å². The third-order valence-corrected chi connectivity index (χ3v) is 5.54. The van der Waals surface area contributed by atoms with Crippen LogP contribution < -0.4 is 9.47 Å². The van der Waals surface area contributed by atoms with Crippen LogP contribution in [0, 0.1) is 0 Å². The number of hydrogen-bond donors (Lipinski definition) is 1. The van der Waals surface area contributed by atoms with Crippen molar-refractivity contribution in [2.45, 2.75) is 11.3 Å². The summed E-state index contributed by atoms with van der Waals surface area (Å²) in [4.78, 5) is 0. The summed E-state index contributed by atoms with van der Waals surface area (Å²) in [5.74, 6) is 2.75. The maximum absolute atomic E-state index is 10.2. The molecule has 2 aromatic carbocycles. The second kappa shape index (κ2) is 9.25. The number of ether oxygens (including phenoxy) is 2. The fraction of sp³-hybridized carbons (Fsp3) is 0.263. The topological polar surface area (TPSA) is 69.4 Å². The van der Waals surface area contributed by atoms with E-state index < -0.39 is 6.10 Å². The van der Waals surface area contributed by atoms with Crippen LogP contribution in [0.15, 0.2) is 58.2 Å². The molecule has 0 radical (unpaired) electrons. The van der Waals surface area contributed by atoms with E-state index in [1.54, 1.807) is 7.11 Å². The molecule has 0 bridgehead atoms. The molecule has 27 heavy (non-hydrogen) atoms. The lowest BCUT2D eigenvalue weighted by Gasteiger charge is -2.12. The van der Waals surface area contributed by atoms with Crippen molar-refractivity contribution in [1.29, 1.82) is 0 Å². The van der Waals surface area contributed by atoms with E-state index in [0.717, 1.165) is 32.5 Å². The van der Waals surface area contributed by atoms with E-state index in [1.807, 2.05) is 60.1 Å². The minimum atomic E-state index is -0.611. The number of aromatic nitrogens is 3. The lowest BCUT2D eigenvalue weighted by Crippen LogP contribution is -2.20. The molecule has 1 aromatic heterocycles. The number of hydrogen-bond acceptors (Lipinski definition) is 6. The Balaban J connectivity index is 1.54. The molecular weight excluding hydrogens is 430 g/mol. The van der Waals surface area contributed by atoms with Crippen LogP contribution in [0.25, 0.3) is 11.4 Å². The first-order valence-electron chi connectivity index (χ1n) is 8.30. The van der Waals surface area contributed by atoms with Gasteiger partial charge in [0.1, 0.15) is 18.1 Å². The summed E-state index contributed by atoms with van der Waals surface area (Å²) in [6, 6.07) is 15.2. The summed E-state index contributed by atoms with van der Waals surface area (Å²) in [7, 11) is 3.55. The van der Waals surface area contributed by atoms with E-state index in [9.17, 15) is 5.11 Å². The second-order valence-corrected chi connectivity index (χ2v) is 7.73. The first-order chi connectivity index (χ1) is 13.1. The molecule has 0 saturated heterocycles. The number of methoxy groups -OCH3 is 1. The lowest BCUT2D eigenvalue weighted by molar-refractivity contribution is 0.126. The van der Waals surface area contributed by atoms with Gasteiger partial charge < -0.3 is 19.1 Å². The Bertz CT molecular complexity index is 869. The minimum Gasteiger partial charge on any atom is -0.497 e. The third kappa shape index (κ3) is 5.24. The molecule has 0 aliphatic carbocycles. The average molecular weight is 450 g/mol. The van der Waals surface area contributed by atoms with Crippen LogP contribution in [-0.4, -0.2) is 45.4 Å². The molecule has 3 aromatic rings. The van der Waals surface area contributed by atoms with E-state index >= 15 is 0 Å². The van der Waals surface area contributed by atoms with Crippen molar-refractivity contribution in [1.82, 2.24) is 14.8 Å². The first kappa shape index (κ1) is 19.7. The normalized spacial score (nSPS) is 12.0. The van der Waals surface area contributed by atoms with Gasteiger partial charge in [-0.25, -0.2) is 0 Å². The summed E-state index contributed by atoms with van der Waals surface area (Å²) >= 11 is 4.82. The Hall–Kier alpha value is -2.03. The lowest BCUT2D eigenvalue weighted by atomic mass is 10.2. The Kier molecular flexibility index (Phi) is 6.76. The molecule has 3 rings (SSSR count). The smallest absolute Gasteiger partial charge is 0.191 e. The average Bonchev–Trinajstić information content (AvgIpc) is 3.06. The molecule has 0 aliphatic rings. The minimum absolute atomic E-state index is 0.220. The maximum atomic E-state index is 10.2. The van der Waals surface area contributed by atoms with Gasteiger partial charge in [-0.1, -0.05) is 27.7 Å². The van der Waals surface area contributed by atoms with Gasteiger partial charge in [0.05, 0.1) is 13.2 Å². The molecule has 0 amide bonds. The van der Waals surface area contributed by atoms with Gasteiger partial charge in [-0.15, -0.1) is 10.2 Å². The van der Waals surface area contributed by atoms with Crippen molar-refractivity contribution in [3.8, 4) is 22.9 Å². The van der Waals surface area contributed by atoms with Gasteiger partial charge in [-0.2, -0.15) is 0 Å². The van der Waals surface area contributed by atoms with E-state index in [2.05, 4.69) is 26.1 Å². The summed E-state index contributed by atoms with van der Waals surface area (Å²) in [5.41, 5.74) is 0.955. The molecule has 0 spiro atoms. The first-order valence-corrected chi connectivity index (χ1v) is 10.1. The highest BCUT2D eigenvalue weighted by molar-refractivity contribution is 9.10. The maximum Gasteiger partial charge on any atom is 0.191 e. The van der Waals surface area contributed by atoms with E-state index in [4.69, 9.17) is 9.47 Å². The quantitative estimate of drug-likeness (QED) is 0.527.